The van der Waals surface area contributed by atoms with E-state index >= 15 is 0 Å². The second kappa shape index (κ2) is 9.59. The molecule has 0 spiro atoms. The zero-order valence-corrected chi connectivity index (χ0v) is 20.9. The van der Waals surface area contributed by atoms with Gasteiger partial charge in [-0.3, -0.25) is 14.5 Å². The van der Waals surface area contributed by atoms with Crippen molar-refractivity contribution >= 4 is 34.7 Å². The van der Waals surface area contributed by atoms with Crippen LogP contribution in [0, 0.1) is 0 Å². The highest BCUT2D eigenvalue weighted by Gasteiger charge is 2.47. The van der Waals surface area contributed by atoms with E-state index in [9.17, 15) is 14.7 Å². The SMILES string of the molecule is COc1ccc(Cl)c(/C(O)=C2\C(=O)C(=O)N(c3ccc4c(c3)OCO4)C2c2ccc(OC)c(OC)c2)c1. The van der Waals surface area contributed by atoms with Gasteiger partial charge in [-0.05, 0) is 48.0 Å². The lowest BCUT2D eigenvalue weighted by molar-refractivity contribution is -0.132. The first kappa shape index (κ1) is 24.3. The van der Waals surface area contributed by atoms with Gasteiger partial charge in [0.2, 0.25) is 6.79 Å². The Bertz CT molecular complexity index is 1450. The highest BCUT2D eigenvalue weighted by atomic mass is 35.5. The van der Waals surface area contributed by atoms with Crippen molar-refractivity contribution in [3.8, 4) is 28.7 Å². The Balaban J connectivity index is 1.75. The van der Waals surface area contributed by atoms with Crippen molar-refractivity contribution in [2.24, 2.45) is 0 Å². The molecule has 2 aliphatic rings. The third-order valence-corrected chi connectivity index (χ3v) is 6.56. The van der Waals surface area contributed by atoms with Crippen molar-refractivity contribution in [3.05, 3.63) is 76.3 Å². The van der Waals surface area contributed by atoms with Gasteiger partial charge in [-0.1, -0.05) is 17.7 Å². The van der Waals surface area contributed by atoms with Gasteiger partial charge in [-0.25, -0.2) is 0 Å². The van der Waals surface area contributed by atoms with Crippen LogP contribution >= 0.6 is 11.6 Å². The number of ether oxygens (including phenoxy) is 5. The van der Waals surface area contributed by atoms with Gasteiger partial charge in [0, 0.05) is 17.3 Å². The maximum atomic E-state index is 13.5. The fourth-order valence-electron chi connectivity index (χ4n) is 4.43. The van der Waals surface area contributed by atoms with Gasteiger partial charge in [-0.15, -0.1) is 0 Å². The number of methoxy groups -OCH3 is 3. The van der Waals surface area contributed by atoms with Crippen LogP contribution in [0.1, 0.15) is 17.2 Å². The minimum absolute atomic E-state index is 0.0467. The standard InChI is InChI=1S/C27H22ClNO8/c1-33-16-6-7-18(28)17(12-16)25(30)23-24(14-4-8-19(34-2)21(10-14)35-3)29(27(32)26(23)31)15-5-9-20-22(11-15)37-13-36-20/h4-12,24,30H,13H2,1-3H3/b25-23+. The van der Waals surface area contributed by atoms with E-state index in [2.05, 4.69) is 0 Å². The summed E-state index contributed by atoms with van der Waals surface area (Å²) in [6, 6.07) is 13.5. The largest absolute Gasteiger partial charge is 0.507 e. The molecule has 2 heterocycles. The quantitative estimate of drug-likeness (QED) is 0.281. The van der Waals surface area contributed by atoms with Crippen LogP contribution in [0.3, 0.4) is 0 Å². The molecule has 3 aromatic carbocycles. The van der Waals surface area contributed by atoms with Gasteiger partial charge >= 0.3 is 0 Å². The summed E-state index contributed by atoms with van der Waals surface area (Å²) in [4.78, 5) is 28.2. The van der Waals surface area contributed by atoms with Crippen molar-refractivity contribution in [1.82, 2.24) is 0 Å². The van der Waals surface area contributed by atoms with Crippen LogP contribution in [-0.4, -0.2) is 44.9 Å². The van der Waals surface area contributed by atoms with Crippen molar-refractivity contribution in [2.75, 3.05) is 33.0 Å². The maximum absolute atomic E-state index is 13.5. The first-order chi connectivity index (χ1) is 17.9. The summed E-state index contributed by atoms with van der Waals surface area (Å²) in [6.07, 6.45) is 0. The van der Waals surface area contributed by atoms with Crippen LogP contribution < -0.4 is 28.6 Å². The minimum atomic E-state index is -1.03. The predicted octanol–water partition coefficient (Wildman–Crippen LogP) is 4.72. The van der Waals surface area contributed by atoms with E-state index in [1.54, 1.807) is 42.5 Å². The summed E-state index contributed by atoms with van der Waals surface area (Å²) < 4.78 is 26.9. The lowest BCUT2D eigenvalue weighted by atomic mass is 9.94. The fraction of sp³-hybridized carbons (Fsp3) is 0.185. The first-order valence-corrected chi connectivity index (χ1v) is 11.5. The zero-order valence-electron chi connectivity index (χ0n) is 20.1. The molecule has 0 saturated carbocycles. The zero-order chi connectivity index (χ0) is 26.3. The molecule has 0 aromatic heterocycles. The fourth-order valence-corrected chi connectivity index (χ4v) is 4.64. The van der Waals surface area contributed by atoms with Gasteiger partial charge in [0.15, 0.2) is 23.0 Å². The topological polar surface area (TPSA) is 104 Å². The van der Waals surface area contributed by atoms with E-state index in [4.69, 9.17) is 35.3 Å². The lowest BCUT2D eigenvalue weighted by Gasteiger charge is -2.26. The van der Waals surface area contributed by atoms with Gasteiger partial charge < -0.3 is 28.8 Å². The number of anilines is 1. The van der Waals surface area contributed by atoms with Crippen LogP contribution in [0.25, 0.3) is 5.76 Å². The number of hydrogen-bond acceptors (Lipinski definition) is 8. The van der Waals surface area contributed by atoms with E-state index in [1.165, 1.54) is 38.4 Å². The Morgan fingerprint density at radius 3 is 2.41 bits per heavy atom. The molecule has 1 fully saturated rings. The second-order valence-corrected chi connectivity index (χ2v) is 8.57. The monoisotopic (exact) mass is 523 g/mol. The first-order valence-electron chi connectivity index (χ1n) is 11.1. The molecule has 37 heavy (non-hydrogen) atoms. The lowest BCUT2D eigenvalue weighted by Crippen LogP contribution is -2.29. The average Bonchev–Trinajstić information content (AvgIpc) is 3.49. The van der Waals surface area contributed by atoms with Crippen molar-refractivity contribution in [1.29, 1.82) is 0 Å². The highest BCUT2D eigenvalue weighted by molar-refractivity contribution is 6.52. The molecule has 9 nitrogen and oxygen atoms in total. The number of aliphatic hydroxyl groups is 1. The average molecular weight is 524 g/mol. The van der Waals surface area contributed by atoms with Crippen LogP contribution in [0.5, 0.6) is 28.7 Å². The molecule has 3 aromatic rings. The molecule has 1 atom stereocenters. The van der Waals surface area contributed by atoms with E-state index in [0.29, 0.717) is 40.0 Å². The molecule has 0 aliphatic carbocycles. The molecule has 1 unspecified atom stereocenters. The number of hydrogen-bond donors (Lipinski definition) is 1. The molecule has 190 valence electrons. The Kier molecular flexibility index (Phi) is 6.31. The second-order valence-electron chi connectivity index (χ2n) is 8.17. The summed E-state index contributed by atoms with van der Waals surface area (Å²) in [5.74, 6) is 0.0576. The third-order valence-electron chi connectivity index (χ3n) is 6.23. The van der Waals surface area contributed by atoms with E-state index in [0.717, 1.165) is 0 Å². The normalized spacial score (nSPS) is 17.7. The highest BCUT2D eigenvalue weighted by Crippen LogP contribution is 2.46. The summed E-state index contributed by atoms with van der Waals surface area (Å²) in [7, 11) is 4.45. The smallest absolute Gasteiger partial charge is 0.300 e. The third kappa shape index (κ3) is 4.07. The Hall–Kier alpha value is -4.37. The molecule has 1 saturated heterocycles. The molecule has 10 heteroatoms. The number of halogens is 1. The summed E-state index contributed by atoms with van der Waals surface area (Å²) in [6.45, 7) is 0.0467. The van der Waals surface area contributed by atoms with Gasteiger partial charge in [0.25, 0.3) is 11.7 Å². The molecule has 5 rings (SSSR count). The predicted molar refractivity (Wildman–Crippen MR) is 135 cm³/mol. The van der Waals surface area contributed by atoms with Gasteiger partial charge in [-0.2, -0.15) is 0 Å². The maximum Gasteiger partial charge on any atom is 0.300 e. The number of nitrogens with zero attached hydrogens (tertiary/aromatic N) is 1. The number of fused-ring (bicyclic) bond motifs is 1. The van der Waals surface area contributed by atoms with Gasteiger partial charge in [0.05, 0.1) is 38.0 Å². The van der Waals surface area contributed by atoms with Crippen LogP contribution in [0.15, 0.2) is 60.2 Å². The number of carbonyl (C=O) groups is 2. The van der Waals surface area contributed by atoms with Crippen LogP contribution in [-0.2, 0) is 9.59 Å². The molecule has 0 bridgehead atoms. The van der Waals surface area contributed by atoms with Crippen molar-refractivity contribution < 1.29 is 38.4 Å². The van der Waals surface area contributed by atoms with Crippen LogP contribution in [0.2, 0.25) is 5.02 Å². The molecular formula is C27H22ClNO8. The summed E-state index contributed by atoms with van der Waals surface area (Å²) >= 11 is 6.38. The van der Waals surface area contributed by atoms with E-state index in [-0.39, 0.29) is 23.0 Å². The van der Waals surface area contributed by atoms with Crippen molar-refractivity contribution in [2.45, 2.75) is 6.04 Å². The number of benzene rings is 3. The number of ketones is 1. The van der Waals surface area contributed by atoms with E-state index < -0.39 is 23.5 Å². The molecule has 0 radical (unpaired) electrons. The molecule has 1 N–H and O–H groups in total. The van der Waals surface area contributed by atoms with Crippen molar-refractivity contribution in [3.63, 3.8) is 0 Å². The summed E-state index contributed by atoms with van der Waals surface area (Å²) in [5, 5.41) is 11.6. The minimum Gasteiger partial charge on any atom is -0.507 e. The van der Waals surface area contributed by atoms with Crippen LogP contribution in [0.4, 0.5) is 5.69 Å². The molecular weight excluding hydrogens is 502 g/mol. The number of aliphatic hydroxyl groups excluding tert-OH is 1. The number of rotatable bonds is 6. The number of Topliss-reactive ketones (excluding diaryl/α,β-unsaturated/α-hetero) is 1. The molecule has 1 amide bonds. The summed E-state index contributed by atoms with van der Waals surface area (Å²) in [5.41, 5.74) is 0.872. The molecule has 2 aliphatic heterocycles. The van der Waals surface area contributed by atoms with E-state index in [1.807, 2.05) is 0 Å². The van der Waals surface area contributed by atoms with Gasteiger partial charge in [0.1, 0.15) is 11.5 Å². The number of amides is 1. The Morgan fingerprint density at radius 1 is 0.919 bits per heavy atom. The Morgan fingerprint density at radius 2 is 1.68 bits per heavy atom. The Labute approximate surface area is 217 Å². The number of carbonyl (C=O) groups excluding carboxylic acids is 2.